The van der Waals surface area contributed by atoms with E-state index in [0.717, 1.165) is 30.0 Å². The normalized spacial score (nSPS) is 19.7. The van der Waals surface area contributed by atoms with Crippen molar-refractivity contribution in [2.24, 2.45) is 5.92 Å². The third kappa shape index (κ3) is 4.19. The average molecular weight is 328 g/mol. The molecule has 0 saturated carbocycles. The molecule has 1 aliphatic rings. The van der Waals surface area contributed by atoms with Gasteiger partial charge in [0.2, 0.25) is 10.0 Å². The molecule has 1 aliphatic heterocycles. The van der Waals surface area contributed by atoms with Gasteiger partial charge in [-0.25, -0.2) is 13.1 Å². The van der Waals surface area contributed by atoms with Crippen LogP contribution in [0.15, 0.2) is 17.0 Å². The summed E-state index contributed by atoms with van der Waals surface area (Å²) in [6, 6.07) is 3.27. The van der Waals surface area contributed by atoms with Crippen LogP contribution in [0.2, 0.25) is 0 Å². The second kappa shape index (κ2) is 7.41. The number of rotatable bonds is 5. The van der Waals surface area contributed by atoms with E-state index in [-0.39, 0.29) is 10.8 Å². The lowest BCUT2D eigenvalue weighted by Gasteiger charge is -2.16. The van der Waals surface area contributed by atoms with Crippen LogP contribution in [0.4, 0.5) is 0 Å². The Morgan fingerprint density at radius 1 is 1.36 bits per heavy atom. The minimum absolute atomic E-state index is 0.137. The number of nitrogens with one attached hydrogen (secondary N) is 2. The standard InChI is InChI=1S/C15H24N2O4S/c1-11-6-14(7-12(2)15(11)20-3)22(18,19)17-9-13-8-16-4-5-21-10-13/h6-7,13,16-17H,4-5,8-10H2,1-3H3/t13-/m1/s1. The fraction of sp³-hybridized carbons (Fsp3) is 0.600. The number of methoxy groups -OCH3 is 1. The van der Waals surface area contributed by atoms with Gasteiger partial charge in [-0.1, -0.05) is 0 Å². The van der Waals surface area contributed by atoms with Gasteiger partial charge in [0.25, 0.3) is 0 Å². The van der Waals surface area contributed by atoms with Crippen LogP contribution < -0.4 is 14.8 Å². The number of hydrogen-bond acceptors (Lipinski definition) is 5. The molecular weight excluding hydrogens is 304 g/mol. The first-order valence-electron chi connectivity index (χ1n) is 7.37. The molecule has 0 aromatic heterocycles. The summed E-state index contributed by atoms with van der Waals surface area (Å²) in [5.74, 6) is 0.859. The van der Waals surface area contributed by atoms with Crippen LogP contribution in [0.3, 0.4) is 0 Å². The van der Waals surface area contributed by atoms with Crippen molar-refractivity contribution in [1.82, 2.24) is 10.0 Å². The van der Waals surface area contributed by atoms with Crippen LogP contribution in [0.5, 0.6) is 5.75 Å². The van der Waals surface area contributed by atoms with Gasteiger partial charge in [-0.3, -0.25) is 0 Å². The minimum atomic E-state index is -3.53. The van der Waals surface area contributed by atoms with Gasteiger partial charge >= 0.3 is 0 Å². The highest BCUT2D eigenvalue weighted by Gasteiger charge is 2.20. The zero-order valence-electron chi connectivity index (χ0n) is 13.3. The Morgan fingerprint density at radius 2 is 2.05 bits per heavy atom. The van der Waals surface area contributed by atoms with E-state index in [1.54, 1.807) is 19.2 Å². The zero-order chi connectivity index (χ0) is 16.2. The van der Waals surface area contributed by atoms with Crippen LogP contribution in [0.1, 0.15) is 11.1 Å². The molecule has 0 amide bonds. The molecule has 2 N–H and O–H groups in total. The predicted octanol–water partition coefficient (Wildman–Crippen LogP) is 0.826. The van der Waals surface area contributed by atoms with E-state index in [2.05, 4.69) is 10.0 Å². The van der Waals surface area contributed by atoms with Crippen LogP contribution in [-0.4, -0.2) is 48.4 Å². The van der Waals surface area contributed by atoms with Crippen molar-refractivity contribution in [3.8, 4) is 5.75 Å². The maximum Gasteiger partial charge on any atom is 0.240 e. The number of sulfonamides is 1. The first-order chi connectivity index (χ1) is 10.4. The number of hydrogen-bond donors (Lipinski definition) is 2. The Kier molecular flexibility index (Phi) is 5.80. The molecule has 1 aromatic carbocycles. The molecule has 1 heterocycles. The van der Waals surface area contributed by atoms with Gasteiger partial charge in [0.15, 0.2) is 0 Å². The Hall–Kier alpha value is -1.15. The monoisotopic (exact) mass is 328 g/mol. The average Bonchev–Trinajstić information content (AvgIpc) is 2.73. The summed E-state index contributed by atoms with van der Waals surface area (Å²) in [6.07, 6.45) is 0. The van der Waals surface area contributed by atoms with Crippen molar-refractivity contribution in [2.75, 3.05) is 40.0 Å². The van der Waals surface area contributed by atoms with Gasteiger partial charge in [-0.05, 0) is 37.1 Å². The van der Waals surface area contributed by atoms with Crippen LogP contribution in [-0.2, 0) is 14.8 Å². The molecule has 0 unspecified atom stereocenters. The van der Waals surface area contributed by atoms with Crippen LogP contribution >= 0.6 is 0 Å². The lowest BCUT2D eigenvalue weighted by atomic mass is 10.1. The maximum absolute atomic E-state index is 12.5. The van der Waals surface area contributed by atoms with E-state index >= 15 is 0 Å². The predicted molar refractivity (Wildman–Crippen MR) is 84.8 cm³/mol. The molecule has 0 bridgehead atoms. The van der Waals surface area contributed by atoms with E-state index in [9.17, 15) is 8.42 Å². The fourth-order valence-corrected chi connectivity index (χ4v) is 3.87. The number of benzene rings is 1. The minimum Gasteiger partial charge on any atom is -0.496 e. The van der Waals surface area contributed by atoms with E-state index < -0.39 is 10.0 Å². The summed E-state index contributed by atoms with van der Waals surface area (Å²) in [5.41, 5.74) is 1.62. The second-order valence-electron chi connectivity index (χ2n) is 5.59. The first-order valence-corrected chi connectivity index (χ1v) is 8.85. The molecular formula is C15H24N2O4S. The third-order valence-corrected chi connectivity index (χ3v) is 5.12. The highest BCUT2D eigenvalue weighted by molar-refractivity contribution is 7.89. The molecule has 0 aliphatic carbocycles. The largest absolute Gasteiger partial charge is 0.496 e. The Bertz CT molecular complexity index is 585. The van der Waals surface area contributed by atoms with Crippen LogP contribution in [0.25, 0.3) is 0 Å². The maximum atomic E-state index is 12.5. The van der Waals surface area contributed by atoms with Crippen molar-refractivity contribution >= 4 is 10.0 Å². The summed E-state index contributed by atoms with van der Waals surface area (Å²) in [4.78, 5) is 0.269. The van der Waals surface area contributed by atoms with E-state index in [1.807, 2.05) is 13.8 Å². The summed E-state index contributed by atoms with van der Waals surface area (Å²) in [6.45, 7) is 6.83. The quantitative estimate of drug-likeness (QED) is 0.837. The third-order valence-electron chi connectivity index (χ3n) is 3.72. The molecule has 1 fully saturated rings. The van der Waals surface area contributed by atoms with Crippen molar-refractivity contribution in [3.63, 3.8) is 0 Å². The molecule has 6 nitrogen and oxygen atoms in total. The number of ether oxygens (including phenoxy) is 2. The molecule has 1 saturated heterocycles. The van der Waals surface area contributed by atoms with Gasteiger partial charge < -0.3 is 14.8 Å². The van der Waals surface area contributed by atoms with E-state index in [4.69, 9.17) is 9.47 Å². The molecule has 0 spiro atoms. The Labute approximate surface area is 132 Å². The highest BCUT2D eigenvalue weighted by Crippen LogP contribution is 2.26. The zero-order valence-corrected chi connectivity index (χ0v) is 14.1. The highest BCUT2D eigenvalue weighted by atomic mass is 32.2. The van der Waals surface area contributed by atoms with Crippen molar-refractivity contribution in [1.29, 1.82) is 0 Å². The SMILES string of the molecule is COc1c(C)cc(S(=O)(=O)NC[C@H]2CNCCOC2)cc1C. The van der Waals surface area contributed by atoms with Crippen molar-refractivity contribution in [2.45, 2.75) is 18.7 Å². The molecule has 1 aromatic rings. The van der Waals surface area contributed by atoms with Crippen LogP contribution in [0, 0.1) is 19.8 Å². The smallest absolute Gasteiger partial charge is 0.240 e. The van der Waals surface area contributed by atoms with E-state index in [0.29, 0.717) is 19.8 Å². The van der Waals surface area contributed by atoms with Crippen molar-refractivity contribution in [3.05, 3.63) is 23.3 Å². The summed E-state index contributed by atoms with van der Waals surface area (Å²) >= 11 is 0. The van der Waals surface area contributed by atoms with Gasteiger partial charge in [0.05, 0.1) is 25.2 Å². The molecule has 2 rings (SSSR count). The Morgan fingerprint density at radius 3 is 2.68 bits per heavy atom. The summed E-state index contributed by atoms with van der Waals surface area (Å²) < 4.78 is 38.3. The van der Waals surface area contributed by atoms with Gasteiger partial charge in [-0.2, -0.15) is 0 Å². The van der Waals surface area contributed by atoms with Gasteiger partial charge in [-0.15, -0.1) is 0 Å². The van der Waals surface area contributed by atoms with Crippen molar-refractivity contribution < 1.29 is 17.9 Å². The van der Waals surface area contributed by atoms with Gasteiger partial charge in [0, 0.05) is 25.6 Å². The first kappa shape index (κ1) is 17.2. The lowest BCUT2D eigenvalue weighted by molar-refractivity contribution is 0.124. The second-order valence-corrected chi connectivity index (χ2v) is 7.35. The molecule has 0 radical (unpaired) electrons. The Balaban J connectivity index is 2.09. The molecule has 22 heavy (non-hydrogen) atoms. The molecule has 7 heteroatoms. The number of aryl methyl sites for hydroxylation is 2. The lowest BCUT2D eigenvalue weighted by Crippen LogP contribution is -2.35. The topological polar surface area (TPSA) is 76.7 Å². The fourth-order valence-electron chi connectivity index (χ4n) is 2.59. The van der Waals surface area contributed by atoms with Gasteiger partial charge in [0.1, 0.15) is 5.75 Å². The summed E-state index contributed by atoms with van der Waals surface area (Å²) in [7, 11) is -1.95. The summed E-state index contributed by atoms with van der Waals surface area (Å²) in [5, 5.41) is 3.23. The van der Waals surface area contributed by atoms with E-state index in [1.165, 1.54) is 0 Å². The molecule has 1 atom stereocenters. The molecule has 124 valence electrons.